The van der Waals surface area contributed by atoms with Crippen molar-refractivity contribution in [2.45, 2.75) is 199 Å². The van der Waals surface area contributed by atoms with Gasteiger partial charge in [0.1, 0.15) is 30.5 Å². The van der Waals surface area contributed by atoms with Gasteiger partial charge in [0, 0.05) is 38.5 Å². The first-order valence-corrected chi connectivity index (χ1v) is 22.4. The molecule has 25 heteroatoms. The Hall–Kier alpha value is -5.18. The van der Waals surface area contributed by atoms with E-state index in [2.05, 4.69) is 5.18 Å². The van der Waals surface area contributed by atoms with E-state index in [0.29, 0.717) is 5.57 Å². The number of carboxylic acids is 1. The third kappa shape index (κ3) is 16.2. The fraction of sp³-hybridized carbons (Fsp3) is 0.767. The third-order valence-corrected chi connectivity index (χ3v) is 10.4. The van der Waals surface area contributed by atoms with Gasteiger partial charge in [0.2, 0.25) is 6.23 Å². The third-order valence-electron chi connectivity index (χ3n) is 10.4. The Labute approximate surface area is 391 Å². The average Bonchev–Trinajstić information content (AvgIpc) is 3.31. The van der Waals surface area contributed by atoms with Crippen molar-refractivity contribution in [3.63, 3.8) is 0 Å². The Balaban J connectivity index is 2.10. The van der Waals surface area contributed by atoms with Crippen molar-refractivity contribution < 1.29 is 111 Å². The summed E-state index contributed by atoms with van der Waals surface area (Å²) in [6.07, 6.45) is -26.4. The summed E-state index contributed by atoms with van der Waals surface area (Å²) in [5, 5.41) is 35.1. The fourth-order valence-corrected chi connectivity index (χ4v) is 6.87. The maximum Gasteiger partial charge on any atom is 0.306 e. The second kappa shape index (κ2) is 27.7. The van der Waals surface area contributed by atoms with Crippen LogP contribution in [-0.4, -0.2) is 168 Å². The molecule has 3 rings (SSSR count). The summed E-state index contributed by atoms with van der Waals surface area (Å²) in [5.41, 5.74) is 0.620. The maximum atomic E-state index is 13.2. The molecule has 3 fully saturated rings. The van der Waals surface area contributed by atoms with E-state index in [1.54, 1.807) is 13.8 Å². The first kappa shape index (κ1) is 57.1. The van der Waals surface area contributed by atoms with Crippen LogP contribution >= 0.6 is 0 Å². The molecule has 0 spiro atoms. The molecule has 3 heterocycles. The van der Waals surface area contributed by atoms with E-state index < -0.39 is 166 Å². The number of hydrogen-bond donors (Lipinski definition) is 3. The number of allylic oxidation sites excluding steroid dienone is 1. The predicted molar refractivity (Wildman–Crippen MR) is 223 cm³/mol. The highest BCUT2D eigenvalue weighted by Gasteiger charge is 2.56. The molecule has 3 saturated heterocycles. The number of nitrogens with zero attached hydrogens (tertiary/aromatic N) is 1. The van der Waals surface area contributed by atoms with Crippen LogP contribution in [0.4, 0.5) is 0 Å². The van der Waals surface area contributed by atoms with Crippen molar-refractivity contribution in [3.05, 3.63) is 16.6 Å². The molecule has 0 saturated carbocycles. The standard InChI is InChI=1S/C43H63NO24/c1-9-25(47)62-34-21(17-20(7)8)60-43(40(38(34)66-29(51)13-5)68-31(53)16-15-24(45)46)58-19-23-35(63-26(48)10-2)37(65-28(50)12-4)33(55)42(61-23)57-18-22-32(54)36(64-27(49)11-3)39(41(44-56)59-22)67-30(52)14-6/h17,21-23,32-43,54-55H,9-16,18-19H2,1-8H3,(H,45,46). The number of aliphatic hydroxyl groups excluding tert-OH is 2. The largest absolute Gasteiger partial charge is 0.481 e. The van der Waals surface area contributed by atoms with Gasteiger partial charge < -0.3 is 72.2 Å². The molecule has 0 bridgehead atoms. The summed E-state index contributed by atoms with van der Waals surface area (Å²) in [5.74, 6) is -7.47. The molecule has 3 N–H and O–H groups in total. The lowest BCUT2D eigenvalue weighted by Gasteiger charge is -2.46. The quantitative estimate of drug-likeness (QED) is 0.0532. The van der Waals surface area contributed by atoms with Gasteiger partial charge in [-0.2, -0.15) is 0 Å². The van der Waals surface area contributed by atoms with Crippen LogP contribution in [0.25, 0.3) is 0 Å². The number of carbonyl (C=O) groups excluding carboxylic acids is 7. The van der Waals surface area contributed by atoms with Crippen molar-refractivity contribution in [3.8, 4) is 0 Å². The molecule has 0 amide bonds. The number of aliphatic carboxylic acids is 1. The van der Waals surface area contributed by atoms with E-state index in [0.717, 1.165) is 0 Å². The highest BCUT2D eigenvalue weighted by atomic mass is 16.8. The minimum absolute atomic E-state index is 0.132. The summed E-state index contributed by atoms with van der Waals surface area (Å²) in [7, 11) is 0. The lowest BCUT2D eigenvalue weighted by atomic mass is 9.96. The molecular weight excluding hydrogens is 914 g/mol. The Morgan fingerprint density at radius 1 is 0.485 bits per heavy atom. The molecule has 15 unspecified atom stereocenters. The van der Waals surface area contributed by atoms with E-state index in [9.17, 15) is 58.6 Å². The van der Waals surface area contributed by atoms with Crippen LogP contribution < -0.4 is 0 Å². The number of ether oxygens (including phenoxy) is 12. The summed E-state index contributed by atoms with van der Waals surface area (Å²) >= 11 is 0. The van der Waals surface area contributed by atoms with Crippen LogP contribution in [0.1, 0.15) is 107 Å². The zero-order chi connectivity index (χ0) is 50.8. The van der Waals surface area contributed by atoms with Gasteiger partial charge in [-0.3, -0.25) is 38.4 Å². The van der Waals surface area contributed by atoms with E-state index >= 15 is 0 Å². The molecule has 15 atom stereocenters. The molecule has 0 radical (unpaired) electrons. The molecule has 0 aromatic rings. The number of rotatable bonds is 24. The van der Waals surface area contributed by atoms with E-state index in [-0.39, 0.29) is 38.5 Å². The molecule has 3 aliphatic rings. The average molecular weight is 978 g/mol. The van der Waals surface area contributed by atoms with Crippen LogP contribution in [-0.2, 0) is 95.2 Å². The second-order valence-electron chi connectivity index (χ2n) is 15.8. The first-order valence-electron chi connectivity index (χ1n) is 22.4. The molecule has 0 aliphatic carbocycles. The van der Waals surface area contributed by atoms with Crippen molar-refractivity contribution in [1.82, 2.24) is 0 Å². The smallest absolute Gasteiger partial charge is 0.306 e. The number of nitroso groups, excluding NO2 is 1. The summed E-state index contributed by atoms with van der Waals surface area (Å²) in [4.78, 5) is 113. The number of carbonyl (C=O) groups is 8. The normalized spacial score (nSPS) is 31.2. The second-order valence-corrected chi connectivity index (χ2v) is 15.8. The summed E-state index contributed by atoms with van der Waals surface area (Å²) < 4.78 is 68.9. The Kier molecular flexibility index (Phi) is 23.3. The van der Waals surface area contributed by atoms with Crippen LogP contribution in [0, 0.1) is 4.91 Å². The molecule has 3 aliphatic heterocycles. The lowest BCUT2D eigenvalue weighted by Crippen LogP contribution is -2.64. The molecule has 0 aromatic carbocycles. The highest BCUT2D eigenvalue weighted by molar-refractivity contribution is 5.77. The minimum atomic E-state index is -1.98. The molecule has 68 heavy (non-hydrogen) atoms. The van der Waals surface area contributed by atoms with Crippen LogP contribution in [0.3, 0.4) is 0 Å². The zero-order valence-electron chi connectivity index (χ0n) is 39.2. The molecule has 0 aromatic heterocycles. The van der Waals surface area contributed by atoms with Crippen molar-refractivity contribution >= 4 is 47.8 Å². The van der Waals surface area contributed by atoms with E-state index in [4.69, 9.17) is 56.8 Å². The number of aliphatic hydroxyl groups is 2. The van der Waals surface area contributed by atoms with Gasteiger partial charge >= 0.3 is 47.8 Å². The Morgan fingerprint density at radius 3 is 1.40 bits per heavy atom. The van der Waals surface area contributed by atoms with Gasteiger partial charge in [-0.15, -0.1) is 4.91 Å². The SMILES string of the molecule is CCC(=O)OC1C(C=C(C)C)OC(OCC2OC(OCC3OC(N=O)C(OC(=O)CC)C(OC(=O)CC)C3O)C(O)C(OC(=O)CC)C2OC(=O)CC)C(OC(=O)CCC(=O)O)C1OC(=O)CC. The van der Waals surface area contributed by atoms with Crippen LogP contribution in [0.15, 0.2) is 16.8 Å². The number of carboxylic acid groups (broad SMARTS) is 1. The van der Waals surface area contributed by atoms with Crippen molar-refractivity contribution in [1.29, 1.82) is 0 Å². The van der Waals surface area contributed by atoms with Gasteiger partial charge in [-0.05, 0) is 19.0 Å². The highest BCUT2D eigenvalue weighted by Crippen LogP contribution is 2.35. The zero-order valence-corrected chi connectivity index (χ0v) is 39.2. The summed E-state index contributed by atoms with van der Waals surface area (Å²) in [6.45, 7) is 10.6. The topological polar surface area (TPSA) is 337 Å². The molecule has 25 nitrogen and oxygen atoms in total. The fourth-order valence-electron chi connectivity index (χ4n) is 6.87. The molecular formula is C43H63NO24. The summed E-state index contributed by atoms with van der Waals surface area (Å²) in [6, 6.07) is 0. The predicted octanol–water partition coefficient (Wildman–Crippen LogP) is 1.36. The first-order chi connectivity index (χ1) is 32.2. The lowest BCUT2D eigenvalue weighted by molar-refractivity contribution is -0.335. The van der Waals surface area contributed by atoms with Gasteiger partial charge in [0.05, 0.1) is 26.1 Å². The minimum Gasteiger partial charge on any atom is -0.481 e. The van der Waals surface area contributed by atoms with Crippen LogP contribution in [0.5, 0.6) is 0 Å². The maximum absolute atomic E-state index is 13.2. The van der Waals surface area contributed by atoms with Gasteiger partial charge in [0.25, 0.3) is 0 Å². The van der Waals surface area contributed by atoms with Crippen LogP contribution in [0.2, 0.25) is 0 Å². The van der Waals surface area contributed by atoms with Gasteiger partial charge in [0.15, 0.2) is 55.3 Å². The van der Waals surface area contributed by atoms with Crippen molar-refractivity contribution in [2.24, 2.45) is 5.18 Å². The monoisotopic (exact) mass is 977 g/mol. The Morgan fingerprint density at radius 2 is 0.912 bits per heavy atom. The number of esters is 7. The molecule has 384 valence electrons. The number of hydrogen-bond acceptors (Lipinski definition) is 24. The van der Waals surface area contributed by atoms with Gasteiger partial charge in [-0.25, -0.2) is 0 Å². The van der Waals surface area contributed by atoms with Gasteiger partial charge in [-0.1, -0.05) is 53.2 Å². The van der Waals surface area contributed by atoms with E-state index in [1.165, 1.54) is 47.6 Å². The van der Waals surface area contributed by atoms with E-state index in [1.807, 2.05) is 0 Å². The van der Waals surface area contributed by atoms with Crippen molar-refractivity contribution in [2.75, 3.05) is 13.2 Å². The Bertz CT molecular complexity index is 1780.